The molecule has 1 aromatic heterocycles. The quantitative estimate of drug-likeness (QED) is 0.839. The van der Waals surface area contributed by atoms with E-state index in [4.69, 9.17) is 4.52 Å². The average molecular weight is 296 g/mol. The van der Waals surface area contributed by atoms with Crippen molar-refractivity contribution in [1.29, 1.82) is 0 Å². The lowest BCUT2D eigenvalue weighted by Crippen LogP contribution is -2.53. The van der Waals surface area contributed by atoms with E-state index in [1.165, 1.54) is 25.7 Å². The Labute approximate surface area is 122 Å². The fraction of sp³-hybridized carbons (Fsp3) is 0.769. The molecule has 2 fully saturated rings. The molecule has 0 radical (unpaired) electrons. The second-order valence-corrected chi connectivity index (χ2v) is 6.61. The summed E-state index contributed by atoms with van der Waals surface area (Å²) in [7, 11) is 0. The Morgan fingerprint density at radius 1 is 1.30 bits per heavy atom. The Morgan fingerprint density at radius 3 is 2.95 bits per heavy atom. The molecule has 2 N–H and O–H groups in total. The molecule has 0 aromatic carbocycles. The predicted octanol–water partition coefficient (Wildman–Crippen LogP) is 0.876. The van der Waals surface area contributed by atoms with Crippen molar-refractivity contribution < 1.29 is 9.32 Å². The Hall–Kier alpha value is -1.08. The molecule has 6 nitrogen and oxygen atoms in total. The van der Waals surface area contributed by atoms with Gasteiger partial charge in [0.05, 0.1) is 18.2 Å². The van der Waals surface area contributed by atoms with Crippen molar-refractivity contribution in [1.82, 2.24) is 20.8 Å². The van der Waals surface area contributed by atoms with E-state index in [9.17, 15) is 4.79 Å². The predicted molar refractivity (Wildman–Crippen MR) is 76.4 cm³/mol. The number of rotatable bonds is 5. The van der Waals surface area contributed by atoms with Gasteiger partial charge >= 0.3 is 0 Å². The van der Waals surface area contributed by atoms with Crippen LogP contribution in [0.2, 0.25) is 0 Å². The fourth-order valence-electron chi connectivity index (χ4n) is 2.67. The van der Waals surface area contributed by atoms with E-state index in [-0.39, 0.29) is 11.9 Å². The van der Waals surface area contributed by atoms with Crippen molar-refractivity contribution in [3.8, 4) is 0 Å². The van der Waals surface area contributed by atoms with E-state index in [1.54, 1.807) is 0 Å². The Morgan fingerprint density at radius 2 is 2.15 bits per heavy atom. The van der Waals surface area contributed by atoms with Crippen molar-refractivity contribution in [3.05, 3.63) is 11.7 Å². The first-order valence-corrected chi connectivity index (χ1v) is 8.30. The summed E-state index contributed by atoms with van der Waals surface area (Å²) in [5, 5.41) is 10.7. The summed E-state index contributed by atoms with van der Waals surface area (Å²) in [5.41, 5.74) is 0. The molecule has 0 spiro atoms. The third-order valence-electron chi connectivity index (χ3n) is 3.77. The van der Waals surface area contributed by atoms with E-state index >= 15 is 0 Å². The van der Waals surface area contributed by atoms with E-state index in [1.807, 2.05) is 11.8 Å². The van der Waals surface area contributed by atoms with Gasteiger partial charge in [-0.1, -0.05) is 18.0 Å². The highest BCUT2D eigenvalue weighted by Gasteiger charge is 2.24. The molecule has 2 heterocycles. The van der Waals surface area contributed by atoms with Gasteiger partial charge in [-0.3, -0.25) is 4.79 Å². The summed E-state index contributed by atoms with van der Waals surface area (Å²) in [4.78, 5) is 16.0. The van der Waals surface area contributed by atoms with Gasteiger partial charge in [-0.25, -0.2) is 0 Å². The van der Waals surface area contributed by atoms with Gasteiger partial charge in [0.1, 0.15) is 0 Å². The zero-order valence-electron chi connectivity index (χ0n) is 11.4. The molecular formula is C13H20N4O2S. The second-order valence-electron chi connectivity index (χ2n) is 5.32. The zero-order chi connectivity index (χ0) is 13.8. The molecule has 20 heavy (non-hydrogen) atoms. The van der Waals surface area contributed by atoms with Gasteiger partial charge < -0.3 is 15.2 Å². The summed E-state index contributed by atoms with van der Waals surface area (Å²) in [6, 6.07) is -0.250. The van der Waals surface area contributed by atoms with Crippen LogP contribution in [0, 0.1) is 0 Å². The van der Waals surface area contributed by atoms with Gasteiger partial charge in [0, 0.05) is 18.3 Å². The highest BCUT2D eigenvalue weighted by atomic mass is 32.2. The molecular weight excluding hydrogens is 276 g/mol. The maximum Gasteiger partial charge on any atom is 0.237 e. The molecule has 3 rings (SSSR count). The monoisotopic (exact) mass is 296 g/mol. The zero-order valence-corrected chi connectivity index (χ0v) is 12.2. The van der Waals surface area contributed by atoms with Crippen LogP contribution in [0.3, 0.4) is 0 Å². The lowest BCUT2D eigenvalue weighted by Gasteiger charge is -2.21. The van der Waals surface area contributed by atoms with Crippen molar-refractivity contribution >= 4 is 17.7 Å². The van der Waals surface area contributed by atoms with Crippen LogP contribution in [-0.4, -0.2) is 40.4 Å². The number of nitrogens with one attached hydrogen (secondary N) is 2. The Kier molecular flexibility index (Phi) is 4.57. The minimum atomic E-state index is -0.250. The first-order chi connectivity index (χ1) is 9.81. The van der Waals surface area contributed by atoms with Crippen molar-refractivity contribution in [2.24, 2.45) is 0 Å². The SMILES string of the molecule is O=C1NCCNC1Cc1nc(CSC2CCCC2)no1. The summed E-state index contributed by atoms with van der Waals surface area (Å²) < 4.78 is 5.24. The standard InChI is InChI=1S/C13H20N4O2S/c18-13-10(14-5-6-15-13)7-12-16-11(17-19-12)8-20-9-3-1-2-4-9/h9-10,14H,1-8H2,(H,15,18). The van der Waals surface area contributed by atoms with Crippen LogP contribution in [0.25, 0.3) is 0 Å². The molecule has 1 saturated carbocycles. The number of nitrogens with zero attached hydrogens (tertiary/aromatic N) is 2. The second kappa shape index (κ2) is 6.58. The topological polar surface area (TPSA) is 80.0 Å². The molecule has 1 amide bonds. The van der Waals surface area contributed by atoms with Gasteiger partial charge in [0.15, 0.2) is 5.82 Å². The molecule has 1 aliphatic carbocycles. The smallest absolute Gasteiger partial charge is 0.237 e. The maximum absolute atomic E-state index is 11.6. The summed E-state index contributed by atoms with van der Waals surface area (Å²) in [5.74, 6) is 2.10. The number of carbonyl (C=O) groups is 1. The van der Waals surface area contributed by atoms with Crippen LogP contribution >= 0.6 is 11.8 Å². The first-order valence-electron chi connectivity index (χ1n) is 7.25. The fourth-order valence-corrected chi connectivity index (χ4v) is 3.84. The average Bonchev–Trinajstić information content (AvgIpc) is 3.10. The largest absolute Gasteiger partial charge is 0.353 e. The molecule has 1 saturated heterocycles. The number of amides is 1. The highest BCUT2D eigenvalue weighted by Crippen LogP contribution is 2.30. The number of aromatic nitrogens is 2. The van der Waals surface area contributed by atoms with Crippen molar-refractivity contribution in [2.45, 2.75) is 49.1 Å². The Bertz CT molecular complexity index is 459. The molecule has 1 atom stereocenters. The lowest BCUT2D eigenvalue weighted by molar-refractivity contribution is -0.124. The third kappa shape index (κ3) is 3.52. The molecule has 1 aliphatic heterocycles. The van der Waals surface area contributed by atoms with E-state index in [0.717, 1.165) is 23.4 Å². The van der Waals surface area contributed by atoms with Crippen molar-refractivity contribution in [3.63, 3.8) is 0 Å². The number of piperazine rings is 1. The number of hydrogen-bond donors (Lipinski definition) is 2. The summed E-state index contributed by atoms with van der Waals surface area (Å²) in [6.45, 7) is 1.47. The Balaban J connectivity index is 1.49. The molecule has 7 heteroatoms. The van der Waals surface area contributed by atoms with Crippen LogP contribution in [0.1, 0.15) is 37.4 Å². The summed E-state index contributed by atoms with van der Waals surface area (Å²) in [6.07, 6.45) is 5.77. The highest BCUT2D eigenvalue weighted by molar-refractivity contribution is 7.99. The lowest BCUT2D eigenvalue weighted by atomic mass is 10.1. The third-order valence-corrected chi connectivity index (χ3v) is 5.14. The van der Waals surface area contributed by atoms with Crippen LogP contribution in [-0.2, 0) is 17.0 Å². The van der Waals surface area contributed by atoms with Crippen LogP contribution < -0.4 is 10.6 Å². The van der Waals surface area contributed by atoms with Crippen LogP contribution in [0.15, 0.2) is 4.52 Å². The van der Waals surface area contributed by atoms with Gasteiger partial charge in [-0.2, -0.15) is 16.7 Å². The first kappa shape index (κ1) is 13.9. The van der Waals surface area contributed by atoms with E-state index < -0.39 is 0 Å². The minimum Gasteiger partial charge on any atom is -0.353 e. The molecule has 1 unspecified atom stereocenters. The number of thioether (sulfide) groups is 1. The van der Waals surface area contributed by atoms with Crippen LogP contribution in [0.5, 0.6) is 0 Å². The van der Waals surface area contributed by atoms with Gasteiger partial charge in [0.2, 0.25) is 11.8 Å². The number of carbonyl (C=O) groups excluding carboxylic acids is 1. The molecule has 0 bridgehead atoms. The van der Waals surface area contributed by atoms with E-state index in [2.05, 4.69) is 20.8 Å². The van der Waals surface area contributed by atoms with Gasteiger partial charge in [-0.05, 0) is 12.8 Å². The number of hydrogen-bond acceptors (Lipinski definition) is 6. The van der Waals surface area contributed by atoms with Gasteiger partial charge in [-0.15, -0.1) is 0 Å². The minimum absolute atomic E-state index is 0.0105. The van der Waals surface area contributed by atoms with Crippen LogP contribution in [0.4, 0.5) is 0 Å². The molecule has 110 valence electrons. The summed E-state index contributed by atoms with van der Waals surface area (Å²) >= 11 is 1.92. The van der Waals surface area contributed by atoms with Gasteiger partial charge in [0.25, 0.3) is 0 Å². The normalized spacial score (nSPS) is 24.0. The van der Waals surface area contributed by atoms with Crippen molar-refractivity contribution in [2.75, 3.05) is 13.1 Å². The molecule has 1 aromatic rings. The maximum atomic E-state index is 11.6. The van der Waals surface area contributed by atoms with E-state index in [0.29, 0.717) is 18.9 Å². The molecule has 2 aliphatic rings.